The number of aryl methyl sites for hydroxylation is 2. The molecular weight excluding hydrogens is 204 g/mol. The normalized spacial score (nSPS) is 12.9. The highest BCUT2D eigenvalue weighted by atomic mass is 15.4. The van der Waals surface area contributed by atoms with Gasteiger partial charge in [0.25, 0.3) is 0 Å². The van der Waals surface area contributed by atoms with Gasteiger partial charge in [0.05, 0.1) is 17.4 Å². The first-order chi connectivity index (χ1) is 7.70. The summed E-state index contributed by atoms with van der Waals surface area (Å²) in [5, 5.41) is 15.4. The Balaban J connectivity index is 2.15. The van der Waals surface area contributed by atoms with Crippen LogP contribution in [0.25, 0.3) is 0 Å². The van der Waals surface area contributed by atoms with Gasteiger partial charge in [-0.1, -0.05) is 5.21 Å². The average Bonchev–Trinajstić information content (AvgIpc) is 2.84. The van der Waals surface area contributed by atoms with Crippen molar-refractivity contribution in [1.29, 1.82) is 0 Å². The lowest BCUT2D eigenvalue weighted by Gasteiger charge is -2.14. The fourth-order valence-electron chi connectivity index (χ4n) is 1.78. The van der Waals surface area contributed by atoms with Crippen LogP contribution in [0.3, 0.4) is 0 Å². The summed E-state index contributed by atoms with van der Waals surface area (Å²) in [7, 11) is 5.75. The molecule has 1 atom stereocenters. The van der Waals surface area contributed by atoms with Crippen molar-refractivity contribution in [2.45, 2.75) is 12.5 Å². The van der Waals surface area contributed by atoms with E-state index in [0.29, 0.717) is 0 Å². The maximum atomic E-state index is 4.17. The van der Waals surface area contributed by atoms with E-state index in [1.54, 1.807) is 10.9 Å². The summed E-state index contributed by atoms with van der Waals surface area (Å²) in [6.07, 6.45) is 4.54. The molecule has 1 N–H and O–H groups in total. The Morgan fingerprint density at radius 1 is 1.44 bits per heavy atom. The summed E-state index contributed by atoms with van der Waals surface area (Å²) in [5.41, 5.74) is 2.12. The van der Waals surface area contributed by atoms with Crippen LogP contribution in [-0.2, 0) is 20.5 Å². The highest BCUT2D eigenvalue weighted by molar-refractivity contribution is 5.10. The third kappa shape index (κ3) is 2.11. The molecule has 2 aromatic heterocycles. The van der Waals surface area contributed by atoms with E-state index in [2.05, 4.69) is 20.7 Å². The van der Waals surface area contributed by atoms with Gasteiger partial charge in [-0.2, -0.15) is 5.10 Å². The summed E-state index contributed by atoms with van der Waals surface area (Å²) in [6.45, 7) is 0. The SMILES string of the molecule is CNC(Cc1cn(C)nn1)c1ccnn1C. The van der Waals surface area contributed by atoms with Crippen LogP contribution in [0.2, 0.25) is 0 Å². The second-order valence-corrected chi connectivity index (χ2v) is 3.81. The molecule has 0 fully saturated rings. The molecule has 6 heteroatoms. The van der Waals surface area contributed by atoms with Crippen LogP contribution in [0.15, 0.2) is 18.5 Å². The standard InChI is InChI=1S/C10H16N6/c1-11-9(10-4-5-12-16(10)3)6-8-7-15(2)14-13-8/h4-5,7,9,11H,6H2,1-3H3. The Hall–Kier alpha value is -1.69. The summed E-state index contributed by atoms with van der Waals surface area (Å²) in [5.74, 6) is 0. The van der Waals surface area contributed by atoms with E-state index in [1.807, 2.05) is 38.1 Å². The summed E-state index contributed by atoms with van der Waals surface area (Å²) in [4.78, 5) is 0. The molecule has 2 aromatic rings. The van der Waals surface area contributed by atoms with Crippen LogP contribution in [0.5, 0.6) is 0 Å². The van der Waals surface area contributed by atoms with Crippen molar-refractivity contribution in [3.8, 4) is 0 Å². The fraction of sp³-hybridized carbons (Fsp3) is 0.500. The van der Waals surface area contributed by atoms with Gasteiger partial charge in [-0.25, -0.2) is 0 Å². The molecule has 0 saturated heterocycles. The number of hydrogen-bond acceptors (Lipinski definition) is 4. The van der Waals surface area contributed by atoms with Gasteiger partial charge >= 0.3 is 0 Å². The smallest absolute Gasteiger partial charge is 0.0846 e. The molecule has 1 unspecified atom stereocenters. The maximum absolute atomic E-state index is 4.17. The molecule has 86 valence electrons. The topological polar surface area (TPSA) is 60.6 Å². The van der Waals surface area contributed by atoms with Gasteiger partial charge in [-0.05, 0) is 13.1 Å². The van der Waals surface area contributed by atoms with Gasteiger partial charge < -0.3 is 5.32 Å². The molecule has 0 radical (unpaired) electrons. The lowest BCUT2D eigenvalue weighted by atomic mass is 10.1. The minimum atomic E-state index is 0.212. The van der Waals surface area contributed by atoms with Crippen LogP contribution in [0.4, 0.5) is 0 Å². The first-order valence-electron chi connectivity index (χ1n) is 5.21. The van der Waals surface area contributed by atoms with Gasteiger partial charge in [-0.3, -0.25) is 9.36 Å². The molecule has 2 rings (SSSR count). The minimum Gasteiger partial charge on any atom is -0.311 e. The molecule has 6 nitrogen and oxygen atoms in total. The van der Waals surface area contributed by atoms with Gasteiger partial charge in [-0.15, -0.1) is 5.10 Å². The number of aromatic nitrogens is 5. The van der Waals surface area contributed by atoms with Crippen LogP contribution in [0, 0.1) is 0 Å². The van der Waals surface area contributed by atoms with Crippen molar-refractivity contribution < 1.29 is 0 Å². The van der Waals surface area contributed by atoms with Crippen molar-refractivity contribution in [1.82, 2.24) is 30.1 Å². The van der Waals surface area contributed by atoms with Gasteiger partial charge in [0.15, 0.2) is 0 Å². The maximum Gasteiger partial charge on any atom is 0.0846 e. The highest BCUT2D eigenvalue weighted by Gasteiger charge is 2.15. The van der Waals surface area contributed by atoms with E-state index in [4.69, 9.17) is 0 Å². The third-order valence-corrected chi connectivity index (χ3v) is 2.63. The zero-order valence-corrected chi connectivity index (χ0v) is 9.75. The van der Waals surface area contributed by atoms with Gasteiger partial charge in [0.1, 0.15) is 0 Å². The largest absolute Gasteiger partial charge is 0.311 e. The van der Waals surface area contributed by atoms with Crippen molar-refractivity contribution in [3.05, 3.63) is 29.8 Å². The zero-order valence-electron chi connectivity index (χ0n) is 9.75. The van der Waals surface area contributed by atoms with Crippen LogP contribution >= 0.6 is 0 Å². The summed E-state index contributed by atoms with van der Waals surface area (Å²) in [6, 6.07) is 2.22. The molecule has 16 heavy (non-hydrogen) atoms. The predicted octanol–water partition coefficient (Wildman–Crippen LogP) is 0.0518. The molecule has 0 aliphatic heterocycles. The number of nitrogens with zero attached hydrogens (tertiary/aromatic N) is 5. The predicted molar refractivity (Wildman–Crippen MR) is 59.7 cm³/mol. The Morgan fingerprint density at radius 3 is 2.75 bits per heavy atom. The lowest BCUT2D eigenvalue weighted by Crippen LogP contribution is -2.21. The van der Waals surface area contributed by atoms with Crippen LogP contribution in [0.1, 0.15) is 17.4 Å². The first-order valence-corrected chi connectivity index (χ1v) is 5.21. The van der Waals surface area contributed by atoms with E-state index >= 15 is 0 Å². The monoisotopic (exact) mass is 220 g/mol. The minimum absolute atomic E-state index is 0.212. The van der Waals surface area contributed by atoms with E-state index in [0.717, 1.165) is 17.8 Å². The molecule has 2 heterocycles. The Bertz CT molecular complexity index is 457. The van der Waals surface area contributed by atoms with E-state index in [9.17, 15) is 0 Å². The van der Waals surface area contributed by atoms with Crippen LogP contribution in [-0.4, -0.2) is 31.8 Å². The van der Waals surface area contributed by atoms with Gasteiger partial charge in [0.2, 0.25) is 0 Å². The molecular formula is C10H16N6. The molecule has 0 spiro atoms. The zero-order chi connectivity index (χ0) is 11.5. The Kier molecular flexibility index (Phi) is 3.00. The van der Waals surface area contributed by atoms with Crippen molar-refractivity contribution in [3.63, 3.8) is 0 Å². The quantitative estimate of drug-likeness (QED) is 0.791. The Morgan fingerprint density at radius 2 is 2.25 bits per heavy atom. The van der Waals surface area contributed by atoms with E-state index in [-0.39, 0.29) is 6.04 Å². The first kappa shape index (κ1) is 10.8. The molecule has 0 bridgehead atoms. The average molecular weight is 220 g/mol. The fourth-order valence-corrected chi connectivity index (χ4v) is 1.78. The van der Waals surface area contributed by atoms with Gasteiger partial charge in [0, 0.05) is 32.9 Å². The molecule has 0 saturated carbocycles. The van der Waals surface area contributed by atoms with E-state index < -0.39 is 0 Å². The van der Waals surface area contributed by atoms with Crippen molar-refractivity contribution in [2.75, 3.05) is 7.05 Å². The summed E-state index contributed by atoms with van der Waals surface area (Å²) >= 11 is 0. The second-order valence-electron chi connectivity index (χ2n) is 3.81. The number of nitrogens with one attached hydrogen (secondary N) is 1. The molecule has 0 aliphatic carbocycles. The number of likely N-dealkylation sites (N-methyl/N-ethyl adjacent to an activating group) is 1. The second kappa shape index (κ2) is 4.44. The highest BCUT2D eigenvalue weighted by Crippen LogP contribution is 2.15. The number of rotatable bonds is 4. The van der Waals surface area contributed by atoms with Crippen molar-refractivity contribution >= 4 is 0 Å². The lowest BCUT2D eigenvalue weighted by molar-refractivity contribution is 0.532. The number of hydrogen-bond donors (Lipinski definition) is 1. The van der Waals surface area contributed by atoms with E-state index in [1.165, 1.54) is 0 Å². The summed E-state index contributed by atoms with van der Waals surface area (Å²) < 4.78 is 3.59. The third-order valence-electron chi connectivity index (χ3n) is 2.63. The Labute approximate surface area is 94.3 Å². The molecule has 0 aliphatic rings. The van der Waals surface area contributed by atoms with Crippen molar-refractivity contribution in [2.24, 2.45) is 14.1 Å². The van der Waals surface area contributed by atoms with Crippen LogP contribution < -0.4 is 5.32 Å². The molecule has 0 aromatic carbocycles. The molecule has 0 amide bonds.